The Hall–Kier alpha value is -1.75. The molecule has 0 bridgehead atoms. The van der Waals surface area contributed by atoms with Crippen LogP contribution in [0.15, 0.2) is 36.4 Å². The Balaban J connectivity index is 2.68. The van der Waals surface area contributed by atoms with E-state index < -0.39 is 12.2 Å². The summed E-state index contributed by atoms with van der Waals surface area (Å²) >= 11 is 0. The highest BCUT2D eigenvalue weighted by atomic mass is 19.4. The number of hydrogen-bond acceptors (Lipinski definition) is 2. The lowest BCUT2D eigenvalue weighted by atomic mass is 9.97. The van der Waals surface area contributed by atoms with Crippen LogP contribution in [-0.4, -0.2) is 12.8 Å². The van der Waals surface area contributed by atoms with Crippen LogP contribution in [0.1, 0.15) is 18.5 Å². The van der Waals surface area contributed by atoms with Crippen molar-refractivity contribution < 1.29 is 17.9 Å². The zero-order chi connectivity index (χ0) is 14.0. The molecule has 0 spiro atoms. The summed E-state index contributed by atoms with van der Waals surface area (Å²) in [6.45, 7) is 2.01. The molecular formula is C14H14F3NO. The van der Waals surface area contributed by atoms with E-state index in [0.717, 1.165) is 0 Å². The smallest absolute Gasteiger partial charge is 0.407 e. The average Bonchev–Trinajstić information content (AvgIpc) is 2.37. The predicted octanol–water partition coefficient (Wildman–Crippen LogP) is 3.80. The van der Waals surface area contributed by atoms with Gasteiger partial charge in [0.05, 0.1) is 6.61 Å². The van der Waals surface area contributed by atoms with Gasteiger partial charge in [0, 0.05) is 5.56 Å². The highest BCUT2D eigenvalue weighted by Gasteiger charge is 2.40. The molecule has 0 heterocycles. The first-order chi connectivity index (χ1) is 8.95. The molecule has 0 aliphatic carbocycles. The van der Waals surface area contributed by atoms with Crippen molar-refractivity contribution in [2.24, 2.45) is 5.73 Å². The topological polar surface area (TPSA) is 35.2 Å². The Kier molecular flexibility index (Phi) is 3.66. The van der Waals surface area contributed by atoms with Gasteiger partial charge >= 0.3 is 6.18 Å². The molecule has 0 saturated heterocycles. The number of fused-ring (bicyclic) bond motifs is 1. The number of alkyl halides is 3. The lowest BCUT2D eigenvalue weighted by Crippen LogP contribution is -2.29. The molecule has 19 heavy (non-hydrogen) atoms. The molecule has 5 heteroatoms. The largest absolute Gasteiger partial charge is 0.494 e. The predicted molar refractivity (Wildman–Crippen MR) is 68.1 cm³/mol. The summed E-state index contributed by atoms with van der Waals surface area (Å²) in [5, 5.41) is 1.18. The summed E-state index contributed by atoms with van der Waals surface area (Å²) in [5.74, 6) is 0.186. The molecule has 1 atom stereocenters. The molecule has 0 radical (unpaired) electrons. The van der Waals surface area contributed by atoms with Crippen molar-refractivity contribution >= 4 is 10.8 Å². The minimum atomic E-state index is -4.50. The van der Waals surface area contributed by atoms with E-state index in [2.05, 4.69) is 0 Å². The zero-order valence-electron chi connectivity index (χ0n) is 10.4. The van der Waals surface area contributed by atoms with E-state index in [4.69, 9.17) is 10.5 Å². The van der Waals surface area contributed by atoms with Crippen molar-refractivity contribution in [3.8, 4) is 5.75 Å². The lowest BCUT2D eigenvalue weighted by Gasteiger charge is -2.21. The molecule has 0 saturated carbocycles. The number of halogens is 3. The minimum absolute atomic E-state index is 0.00699. The van der Waals surface area contributed by atoms with Crippen molar-refractivity contribution in [3.05, 3.63) is 42.0 Å². The Bertz CT molecular complexity index is 580. The monoisotopic (exact) mass is 269 g/mol. The van der Waals surface area contributed by atoms with Crippen LogP contribution >= 0.6 is 0 Å². The molecule has 2 nitrogen and oxygen atoms in total. The van der Waals surface area contributed by atoms with Gasteiger partial charge < -0.3 is 10.5 Å². The maximum absolute atomic E-state index is 12.9. The molecular weight excluding hydrogens is 255 g/mol. The van der Waals surface area contributed by atoms with Crippen LogP contribution in [0.3, 0.4) is 0 Å². The summed E-state index contributed by atoms with van der Waals surface area (Å²) in [4.78, 5) is 0. The van der Waals surface area contributed by atoms with Gasteiger partial charge in [-0.15, -0.1) is 0 Å². The van der Waals surface area contributed by atoms with Crippen molar-refractivity contribution in [2.75, 3.05) is 6.61 Å². The summed E-state index contributed by atoms with van der Waals surface area (Å²) in [5.41, 5.74) is 5.36. The van der Waals surface area contributed by atoms with Gasteiger partial charge in [-0.05, 0) is 23.8 Å². The summed E-state index contributed by atoms with van der Waals surface area (Å²) in [7, 11) is 0. The van der Waals surface area contributed by atoms with E-state index in [0.29, 0.717) is 10.8 Å². The maximum atomic E-state index is 12.9. The highest BCUT2D eigenvalue weighted by molar-refractivity contribution is 5.88. The molecule has 0 aliphatic heterocycles. The van der Waals surface area contributed by atoms with E-state index in [9.17, 15) is 13.2 Å². The van der Waals surface area contributed by atoms with Gasteiger partial charge in [0.15, 0.2) is 0 Å². The molecule has 0 amide bonds. The van der Waals surface area contributed by atoms with Crippen LogP contribution in [-0.2, 0) is 0 Å². The Morgan fingerprint density at radius 3 is 2.47 bits per heavy atom. The molecule has 2 aromatic carbocycles. The van der Waals surface area contributed by atoms with E-state index in [-0.39, 0.29) is 17.9 Å². The van der Waals surface area contributed by atoms with Gasteiger partial charge in [-0.3, -0.25) is 0 Å². The highest BCUT2D eigenvalue weighted by Crippen LogP contribution is 2.39. The molecule has 2 rings (SSSR count). The van der Waals surface area contributed by atoms with Crippen molar-refractivity contribution in [2.45, 2.75) is 19.1 Å². The van der Waals surface area contributed by atoms with E-state index in [1.54, 1.807) is 37.3 Å². The third-order valence-corrected chi connectivity index (χ3v) is 2.89. The molecule has 2 aromatic rings. The second-order valence-corrected chi connectivity index (χ2v) is 4.15. The lowest BCUT2D eigenvalue weighted by molar-refractivity contribution is -0.149. The number of benzene rings is 2. The summed E-state index contributed by atoms with van der Waals surface area (Å²) in [6.07, 6.45) is -4.50. The molecule has 0 aliphatic rings. The van der Waals surface area contributed by atoms with Crippen molar-refractivity contribution in [1.29, 1.82) is 0 Å². The maximum Gasteiger partial charge on any atom is 0.407 e. The van der Waals surface area contributed by atoms with Crippen LogP contribution in [0.25, 0.3) is 10.8 Å². The van der Waals surface area contributed by atoms with Gasteiger partial charge in [-0.1, -0.05) is 30.3 Å². The van der Waals surface area contributed by atoms with Crippen molar-refractivity contribution in [3.63, 3.8) is 0 Å². The fourth-order valence-electron chi connectivity index (χ4n) is 2.04. The molecule has 0 fully saturated rings. The molecule has 102 valence electrons. The van der Waals surface area contributed by atoms with Crippen LogP contribution < -0.4 is 10.5 Å². The van der Waals surface area contributed by atoms with Crippen molar-refractivity contribution in [1.82, 2.24) is 0 Å². The molecule has 2 N–H and O–H groups in total. The number of rotatable bonds is 3. The molecule has 0 aromatic heterocycles. The third kappa shape index (κ3) is 2.66. The van der Waals surface area contributed by atoms with Gasteiger partial charge in [0.2, 0.25) is 0 Å². The van der Waals surface area contributed by atoms with Gasteiger partial charge in [-0.2, -0.15) is 13.2 Å². The fraction of sp³-hybridized carbons (Fsp3) is 0.286. The second-order valence-electron chi connectivity index (χ2n) is 4.15. The van der Waals surface area contributed by atoms with Crippen LogP contribution in [0.4, 0.5) is 13.2 Å². The Morgan fingerprint density at radius 2 is 1.84 bits per heavy atom. The van der Waals surface area contributed by atoms with Crippen LogP contribution in [0, 0.1) is 0 Å². The quantitative estimate of drug-likeness (QED) is 0.919. The first-order valence-corrected chi connectivity index (χ1v) is 5.92. The van der Waals surface area contributed by atoms with Gasteiger partial charge in [0.1, 0.15) is 11.8 Å². The van der Waals surface area contributed by atoms with E-state index >= 15 is 0 Å². The normalized spacial score (nSPS) is 13.5. The Labute approximate surface area is 109 Å². The van der Waals surface area contributed by atoms with Gasteiger partial charge in [0.25, 0.3) is 0 Å². The van der Waals surface area contributed by atoms with Crippen LogP contribution in [0.5, 0.6) is 5.75 Å². The minimum Gasteiger partial charge on any atom is -0.494 e. The third-order valence-electron chi connectivity index (χ3n) is 2.89. The molecule has 0 unspecified atom stereocenters. The van der Waals surface area contributed by atoms with E-state index in [1.165, 1.54) is 6.07 Å². The first-order valence-electron chi connectivity index (χ1n) is 5.92. The summed E-state index contributed by atoms with van der Waals surface area (Å²) in [6, 6.07) is 8.03. The second kappa shape index (κ2) is 5.09. The van der Waals surface area contributed by atoms with Crippen LogP contribution in [0.2, 0.25) is 0 Å². The SMILES string of the molecule is CCOc1ccc2ccccc2c1[C@H](N)C(F)(F)F. The van der Waals surface area contributed by atoms with E-state index in [1.807, 2.05) is 0 Å². The zero-order valence-corrected chi connectivity index (χ0v) is 10.4. The van der Waals surface area contributed by atoms with Gasteiger partial charge in [-0.25, -0.2) is 0 Å². The first kappa shape index (κ1) is 13.7. The summed E-state index contributed by atoms with van der Waals surface area (Å²) < 4.78 is 44.0. The average molecular weight is 269 g/mol. The standard InChI is InChI=1S/C14H14F3NO/c1-2-19-11-8-7-9-5-3-4-6-10(9)12(11)13(18)14(15,16)17/h3-8,13H,2,18H2,1H3/t13-/m0/s1. The fourth-order valence-corrected chi connectivity index (χ4v) is 2.04. The number of hydrogen-bond donors (Lipinski definition) is 1. The number of ether oxygens (including phenoxy) is 1. The Morgan fingerprint density at radius 1 is 1.16 bits per heavy atom. The number of nitrogens with two attached hydrogens (primary N) is 1.